The van der Waals surface area contributed by atoms with Crippen LogP contribution in [0.3, 0.4) is 0 Å². The molecule has 0 bridgehead atoms. The fourth-order valence-corrected chi connectivity index (χ4v) is 2.91. The third-order valence-electron chi connectivity index (χ3n) is 2.79. The highest BCUT2D eigenvalue weighted by Crippen LogP contribution is 2.40. The second-order valence-corrected chi connectivity index (χ2v) is 5.03. The van der Waals surface area contributed by atoms with Crippen molar-refractivity contribution in [1.82, 2.24) is 4.98 Å². The standard InChI is InChI=1S/C12H11NS/c1-8-7-13-12(14-8)11-6-9-4-2-3-5-10(9)11/h2-5,7,11H,6H2,1H3. The molecule has 0 N–H and O–H groups in total. The summed E-state index contributed by atoms with van der Waals surface area (Å²) in [7, 11) is 0. The third kappa shape index (κ3) is 1.11. The predicted molar refractivity (Wildman–Crippen MR) is 58.8 cm³/mol. The SMILES string of the molecule is Cc1cnc(C2Cc3ccccc32)s1. The molecule has 2 aromatic rings. The molecule has 0 saturated heterocycles. The van der Waals surface area contributed by atoms with Crippen molar-refractivity contribution in [1.29, 1.82) is 0 Å². The molecule has 0 spiro atoms. The molecule has 14 heavy (non-hydrogen) atoms. The van der Waals surface area contributed by atoms with E-state index in [-0.39, 0.29) is 0 Å². The molecule has 1 aromatic carbocycles. The molecule has 1 aromatic heterocycles. The molecule has 1 heterocycles. The molecule has 0 saturated carbocycles. The van der Waals surface area contributed by atoms with E-state index >= 15 is 0 Å². The average Bonchev–Trinajstić information content (AvgIpc) is 2.54. The number of nitrogens with zero attached hydrogens (tertiary/aromatic N) is 1. The first-order valence-electron chi connectivity index (χ1n) is 4.85. The van der Waals surface area contributed by atoms with Crippen molar-refractivity contribution in [3.05, 3.63) is 51.5 Å². The van der Waals surface area contributed by atoms with E-state index in [1.54, 1.807) is 0 Å². The van der Waals surface area contributed by atoms with Crippen molar-refractivity contribution in [3.63, 3.8) is 0 Å². The van der Waals surface area contributed by atoms with Crippen molar-refractivity contribution in [2.75, 3.05) is 0 Å². The van der Waals surface area contributed by atoms with Gasteiger partial charge in [0.05, 0.1) is 0 Å². The Morgan fingerprint density at radius 2 is 2.21 bits per heavy atom. The van der Waals surface area contributed by atoms with Crippen molar-refractivity contribution >= 4 is 11.3 Å². The summed E-state index contributed by atoms with van der Waals surface area (Å²) >= 11 is 1.82. The van der Waals surface area contributed by atoms with E-state index in [0.717, 1.165) is 0 Å². The summed E-state index contributed by atoms with van der Waals surface area (Å²) in [4.78, 5) is 5.76. The summed E-state index contributed by atoms with van der Waals surface area (Å²) in [5.74, 6) is 0.574. The van der Waals surface area contributed by atoms with Crippen LogP contribution in [0.2, 0.25) is 0 Å². The zero-order chi connectivity index (χ0) is 9.54. The van der Waals surface area contributed by atoms with Crippen LogP contribution < -0.4 is 0 Å². The number of benzene rings is 1. The predicted octanol–water partition coefficient (Wildman–Crippen LogP) is 3.14. The van der Waals surface area contributed by atoms with Gasteiger partial charge in [-0.25, -0.2) is 4.98 Å². The Kier molecular flexibility index (Phi) is 1.71. The molecule has 0 aliphatic heterocycles. The molecule has 0 fully saturated rings. The Morgan fingerprint density at radius 3 is 2.93 bits per heavy atom. The lowest BCUT2D eigenvalue weighted by atomic mass is 9.78. The van der Waals surface area contributed by atoms with Gasteiger partial charge in [-0.15, -0.1) is 11.3 Å². The van der Waals surface area contributed by atoms with E-state index in [1.165, 1.54) is 27.4 Å². The molecule has 0 radical (unpaired) electrons. The minimum atomic E-state index is 0.574. The van der Waals surface area contributed by atoms with Crippen LogP contribution in [-0.2, 0) is 6.42 Å². The molecule has 0 amide bonds. The highest BCUT2D eigenvalue weighted by molar-refractivity contribution is 7.11. The van der Waals surface area contributed by atoms with Gasteiger partial charge in [0.2, 0.25) is 0 Å². The first-order chi connectivity index (χ1) is 6.84. The lowest BCUT2D eigenvalue weighted by Crippen LogP contribution is -2.17. The Balaban J connectivity index is 1.99. The van der Waals surface area contributed by atoms with Crippen LogP contribution in [0, 0.1) is 6.92 Å². The van der Waals surface area contributed by atoms with E-state index in [1.807, 2.05) is 17.5 Å². The Bertz CT molecular complexity index is 473. The van der Waals surface area contributed by atoms with Crippen LogP contribution in [0.1, 0.15) is 26.9 Å². The van der Waals surface area contributed by atoms with E-state index in [2.05, 4.69) is 36.2 Å². The monoisotopic (exact) mass is 201 g/mol. The Morgan fingerprint density at radius 1 is 1.36 bits per heavy atom. The zero-order valence-corrected chi connectivity index (χ0v) is 8.84. The second kappa shape index (κ2) is 2.92. The van der Waals surface area contributed by atoms with Crippen LogP contribution in [0.25, 0.3) is 0 Å². The van der Waals surface area contributed by atoms with Gasteiger partial charge in [-0.2, -0.15) is 0 Å². The molecule has 1 aliphatic carbocycles. The van der Waals surface area contributed by atoms with Crippen LogP contribution in [0.5, 0.6) is 0 Å². The molecule has 1 unspecified atom stereocenters. The first kappa shape index (κ1) is 8.18. The summed E-state index contributed by atoms with van der Waals surface area (Å²) in [5, 5.41) is 1.28. The molecular formula is C12H11NS. The molecule has 1 aliphatic rings. The quantitative estimate of drug-likeness (QED) is 0.690. The first-order valence-corrected chi connectivity index (χ1v) is 5.66. The number of fused-ring (bicyclic) bond motifs is 1. The van der Waals surface area contributed by atoms with Gasteiger partial charge in [-0.05, 0) is 24.5 Å². The number of hydrogen-bond donors (Lipinski definition) is 0. The van der Waals surface area contributed by atoms with Crippen molar-refractivity contribution in [3.8, 4) is 0 Å². The fourth-order valence-electron chi connectivity index (χ4n) is 2.01. The maximum absolute atomic E-state index is 4.46. The number of aryl methyl sites for hydroxylation is 1. The second-order valence-electron chi connectivity index (χ2n) is 3.76. The van der Waals surface area contributed by atoms with E-state index in [9.17, 15) is 0 Å². The lowest BCUT2D eigenvalue weighted by Gasteiger charge is -2.28. The van der Waals surface area contributed by atoms with Crippen molar-refractivity contribution < 1.29 is 0 Å². The molecule has 1 nitrogen and oxygen atoms in total. The minimum absolute atomic E-state index is 0.574. The summed E-state index contributed by atoms with van der Waals surface area (Å²) < 4.78 is 0. The highest BCUT2D eigenvalue weighted by atomic mass is 32.1. The maximum Gasteiger partial charge on any atom is 0.101 e. The van der Waals surface area contributed by atoms with Crippen LogP contribution in [-0.4, -0.2) is 4.98 Å². The average molecular weight is 201 g/mol. The molecule has 1 atom stereocenters. The highest BCUT2D eigenvalue weighted by Gasteiger charge is 2.28. The zero-order valence-electron chi connectivity index (χ0n) is 8.03. The maximum atomic E-state index is 4.46. The van der Waals surface area contributed by atoms with Crippen LogP contribution in [0.4, 0.5) is 0 Å². The van der Waals surface area contributed by atoms with E-state index in [4.69, 9.17) is 0 Å². The van der Waals surface area contributed by atoms with Crippen LogP contribution in [0.15, 0.2) is 30.5 Å². The third-order valence-corrected chi connectivity index (χ3v) is 3.82. The molecule has 3 rings (SSSR count). The van der Waals surface area contributed by atoms with Gasteiger partial charge in [-0.3, -0.25) is 0 Å². The van der Waals surface area contributed by atoms with Gasteiger partial charge in [0.1, 0.15) is 5.01 Å². The van der Waals surface area contributed by atoms with Crippen LogP contribution >= 0.6 is 11.3 Å². The Labute approximate surface area is 87.4 Å². The lowest BCUT2D eigenvalue weighted by molar-refractivity contribution is 0.702. The van der Waals surface area contributed by atoms with E-state index < -0.39 is 0 Å². The minimum Gasteiger partial charge on any atom is -0.249 e. The molecule has 2 heteroatoms. The summed E-state index contributed by atoms with van der Waals surface area (Å²) in [5.41, 5.74) is 2.97. The number of hydrogen-bond acceptors (Lipinski definition) is 2. The fraction of sp³-hybridized carbons (Fsp3) is 0.250. The summed E-state index contributed by atoms with van der Waals surface area (Å²) in [6.45, 7) is 2.12. The number of thiazole rings is 1. The van der Waals surface area contributed by atoms with Crippen molar-refractivity contribution in [2.45, 2.75) is 19.3 Å². The molecule has 70 valence electrons. The van der Waals surface area contributed by atoms with Gasteiger partial charge in [-0.1, -0.05) is 24.3 Å². The van der Waals surface area contributed by atoms with Gasteiger partial charge >= 0.3 is 0 Å². The van der Waals surface area contributed by atoms with Crippen molar-refractivity contribution in [2.24, 2.45) is 0 Å². The summed E-state index contributed by atoms with van der Waals surface area (Å²) in [6, 6.07) is 8.67. The largest absolute Gasteiger partial charge is 0.249 e. The summed E-state index contributed by atoms with van der Waals surface area (Å²) in [6.07, 6.45) is 3.14. The normalized spacial score (nSPS) is 18.8. The topological polar surface area (TPSA) is 12.9 Å². The van der Waals surface area contributed by atoms with E-state index in [0.29, 0.717) is 5.92 Å². The number of aromatic nitrogens is 1. The Hall–Kier alpha value is -1.15. The number of rotatable bonds is 1. The van der Waals surface area contributed by atoms with Gasteiger partial charge in [0.25, 0.3) is 0 Å². The van der Waals surface area contributed by atoms with Gasteiger partial charge < -0.3 is 0 Å². The van der Waals surface area contributed by atoms with Gasteiger partial charge in [0.15, 0.2) is 0 Å². The smallest absolute Gasteiger partial charge is 0.101 e. The molecular weight excluding hydrogens is 190 g/mol. The van der Waals surface area contributed by atoms with Gasteiger partial charge in [0, 0.05) is 17.0 Å².